The summed E-state index contributed by atoms with van der Waals surface area (Å²) >= 11 is 1.62. The molecule has 152 valence electrons. The van der Waals surface area contributed by atoms with Crippen molar-refractivity contribution in [2.45, 2.75) is 53.1 Å². The van der Waals surface area contributed by atoms with Crippen molar-refractivity contribution in [1.29, 1.82) is 0 Å². The first-order valence-corrected chi connectivity index (χ1v) is 10.4. The van der Waals surface area contributed by atoms with E-state index in [2.05, 4.69) is 9.97 Å². The first-order valence-electron chi connectivity index (χ1n) is 9.56. The Morgan fingerprint density at radius 2 is 1.93 bits per heavy atom. The molecular formula is C22H24N2O4S. The molecular weight excluding hydrogens is 388 g/mol. The molecule has 0 bridgehead atoms. The van der Waals surface area contributed by atoms with Gasteiger partial charge in [-0.3, -0.25) is 14.4 Å². The van der Waals surface area contributed by atoms with Crippen molar-refractivity contribution < 1.29 is 19.1 Å². The molecule has 0 amide bonds. The normalized spacial score (nSPS) is 12.1. The number of para-hydroxylation sites is 1. The molecule has 0 aliphatic heterocycles. The standard InChI is InChI=1S/C22H24N2O4S/c1-12-20(14(3)25)13(2)23-21(12)22(27)15(4)28-19(26)11-7-10-18-24-16-8-5-6-9-17(16)29-18/h5-6,8-9,15,23H,7,10-11H2,1-4H3/t15-/m0/s1. The number of nitrogens with zero attached hydrogens (tertiary/aromatic N) is 1. The Hall–Kier alpha value is -2.80. The van der Waals surface area contributed by atoms with E-state index >= 15 is 0 Å². The molecule has 0 unspecified atom stereocenters. The van der Waals surface area contributed by atoms with Crippen LogP contribution in [0.2, 0.25) is 0 Å². The predicted octanol–water partition coefficient (Wildman–Crippen LogP) is 4.58. The zero-order chi connectivity index (χ0) is 21.1. The van der Waals surface area contributed by atoms with Gasteiger partial charge >= 0.3 is 5.97 Å². The lowest BCUT2D eigenvalue weighted by Crippen LogP contribution is -2.25. The van der Waals surface area contributed by atoms with Gasteiger partial charge in [0.15, 0.2) is 11.9 Å². The number of thiazole rings is 1. The van der Waals surface area contributed by atoms with Crippen molar-refractivity contribution in [3.63, 3.8) is 0 Å². The quantitative estimate of drug-likeness (QED) is 0.432. The van der Waals surface area contributed by atoms with E-state index in [1.165, 1.54) is 6.92 Å². The number of benzene rings is 1. The Balaban J connectivity index is 1.54. The third-order valence-electron chi connectivity index (χ3n) is 4.82. The van der Waals surface area contributed by atoms with E-state index in [1.54, 1.807) is 32.1 Å². The van der Waals surface area contributed by atoms with E-state index in [4.69, 9.17) is 4.74 Å². The minimum absolute atomic E-state index is 0.102. The summed E-state index contributed by atoms with van der Waals surface area (Å²) in [6, 6.07) is 7.93. The Kier molecular flexibility index (Phi) is 6.27. The van der Waals surface area contributed by atoms with Crippen molar-refractivity contribution in [1.82, 2.24) is 9.97 Å². The number of carbonyl (C=O) groups excluding carboxylic acids is 3. The molecule has 6 nitrogen and oxygen atoms in total. The van der Waals surface area contributed by atoms with E-state index in [0.717, 1.165) is 15.2 Å². The maximum Gasteiger partial charge on any atom is 0.306 e. The minimum Gasteiger partial charge on any atom is -0.454 e. The van der Waals surface area contributed by atoms with Gasteiger partial charge in [-0.2, -0.15) is 0 Å². The van der Waals surface area contributed by atoms with E-state index < -0.39 is 12.1 Å². The first kappa shape index (κ1) is 20.9. The molecule has 0 radical (unpaired) electrons. The molecule has 0 aliphatic carbocycles. The van der Waals surface area contributed by atoms with Gasteiger partial charge in [-0.25, -0.2) is 4.98 Å². The average molecular weight is 413 g/mol. The van der Waals surface area contributed by atoms with Crippen LogP contribution in [-0.2, 0) is 16.0 Å². The van der Waals surface area contributed by atoms with Crippen LogP contribution in [0, 0.1) is 13.8 Å². The zero-order valence-electron chi connectivity index (χ0n) is 17.0. The summed E-state index contributed by atoms with van der Waals surface area (Å²) in [4.78, 5) is 44.1. The van der Waals surface area contributed by atoms with E-state index in [1.807, 2.05) is 24.3 Å². The fraction of sp³-hybridized carbons (Fsp3) is 0.364. The number of hydrogen-bond acceptors (Lipinski definition) is 6. The lowest BCUT2D eigenvalue weighted by atomic mass is 10.0. The third-order valence-corrected chi connectivity index (χ3v) is 5.92. The number of aromatic nitrogens is 2. The second-order valence-corrected chi connectivity index (χ2v) is 8.22. The number of carbonyl (C=O) groups is 3. The number of fused-ring (bicyclic) bond motifs is 1. The Morgan fingerprint density at radius 1 is 1.21 bits per heavy atom. The highest BCUT2D eigenvalue weighted by molar-refractivity contribution is 7.18. The number of H-pyrrole nitrogens is 1. The summed E-state index contributed by atoms with van der Waals surface area (Å²) < 4.78 is 6.45. The van der Waals surface area contributed by atoms with Gasteiger partial charge in [0.05, 0.1) is 20.9 Å². The van der Waals surface area contributed by atoms with E-state index in [9.17, 15) is 14.4 Å². The van der Waals surface area contributed by atoms with Gasteiger partial charge in [-0.05, 0) is 58.2 Å². The molecule has 1 atom stereocenters. The highest BCUT2D eigenvalue weighted by Gasteiger charge is 2.25. The largest absolute Gasteiger partial charge is 0.454 e. The summed E-state index contributed by atoms with van der Waals surface area (Å²) in [6.45, 7) is 6.49. The molecule has 29 heavy (non-hydrogen) atoms. The summed E-state index contributed by atoms with van der Waals surface area (Å²) in [5.41, 5.74) is 3.05. The second kappa shape index (κ2) is 8.69. The molecule has 3 rings (SSSR count). The highest BCUT2D eigenvalue weighted by Crippen LogP contribution is 2.23. The molecule has 0 aliphatic rings. The topological polar surface area (TPSA) is 89.1 Å². The summed E-state index contributed by atoms with van der Waals surface area (Å²) in [5.74, 6) is -0.855. The number of rotatable bonds is 8. The number of ether oxygens (including phenoxy) is 1. The second-order valence-electron chi connectivity index (χ2n) is 7.11. The van der Waals surface area contributed by atoms with E-state index in [0.29, 0.717) is 35.4 Å². The fourth-order valence-corrected chi connectivity index (χ4v) is 4.46. The zero-order valence-corrected chi connectivity index (χ0v) is 17.8. The lowest BCUT2D eigenvalue weighted by Gasteiger charge is -2.12. The predicted molar refractivity (Wildman–Crippen MR) is 113 cm³/mol. The van der Waals surface area contributed by atoms with Crippen LogP contribution >= 0.6 is 11.3 Å². The maximum atomic E-state index is 12.7. The smallest absolute Gasteiger partial charge is 0.306 e. The average Bonchev–Trinajstić information content (AvgIpc) is 3.20. The van der Waals surface area contributed by atoms with Crippen LogP contribution in [0.3, 0.4) is 0 Å². The fourth-order valence-electron chi connectivity index (χ4n) is 3.45. The SMILES string of the molecule is CC(=O)c1c(C)[nH]c(C(=O)[C@H](C)OC(=O)CCCc2nc3ccccc3s2)c1C. The van der Waals surface area contributed by atoms with Crippen molar-refractivity contribution in [3.05, 3.63) is 51.8 Å². The Bertz CT molecular complexity index is 1050. The van der Waals surface area contributed by atoms with Gasteiger partial charge in [-0.1, -0.05) is 12.1 Å². The number of aryl methyl sites for hydroxylation is 2. The van der Waals surface area contributed by atoms with Crippen LogP contribution in [0.15, 0.2) is 24.3 Å². The summed E-state index contributed by atoms with van der Waals surface area (Å²) in [5, 5.41) is 0.984. The van der Waals surface area contributed by atoms with Gasteiger partial charge in [0.25, 0.3) is 0 Å². The molecule has 1 N–H and O–H groups in total. The molecule has 2 heterocycles. The molecule has 0 saturated carbocycles. The molecule has 0 spiro atoms. The number of hydrogen-bond donors (Lipinski definition) is 1. The minimum atomic E-state index is -0.915. The van der Waals surface area contributed by atoms with Gasteiger partial charge in [0.2, 0.25) is 5.78 Å². The van der Waals surface area contributed by atoms with Crippen molar-refractivity contribution in [2.75, 3.05) is 0 Å². The van der Waals surface area contributed by atoms with Gasteiger partial charge in [0, 0.05) is 17.7 Å². The number of ketones is 2. The van der Waals surface area contributed by atoms with E-state index in [-0.39, 0.29) is 18.0 Å². The summed E-state index contributed by atoms with van der Waals surface area (Å²) in [6.07, 6.45) is 0.596. The van der Waals surface area contributed by atoms with Crippen LogP contribution in [-0.4, -0.2) is 33.6 Å². The summed E-state index contributed by atoms with van der Waals surface area (Å²) in [7, 11) is 0. The highest BCUT2D eigenvalue weighted by atomic mass is 32.1. The number of esters is 1. The van der Waals surface area contributed by atoms with Crippen LogP contribution in [0.25, 0.3) is 10.2 Å². The molecule has 1 aromatic carbocycles. The molecule has 2 aromatic heterocycles. The maximum absolute atomic E-state index is 12.7. The van der Waals surface area contributed by atoms with Gasteiger partial charge in [-0.15, -0.1) is 11.3 Å². The lowest BCUT2D eigenvalue weighted by molar-refractivity contribution is -0.146. The monoisotopic (exact) mass is 412 g/mol. The van der Waals surface area contributed by atoms with Crippen LogP contribution in [0.5, 0.6) is 0 Å². The molecule has 0 saturated heterocycles. The van der Waals surface area contributed by atoms with Crippen molar-refractivity contribution in [2.24, 2.45) is 0 Å². The van der Waals surface area contributed by atoms with Crippen LogP contribution < -0.4 is 0 Å². The first-order chi connectivity index (χ1) is 13.8. The Labute approximate surface area is 173 Å². The van der Waals surface area contributed by atoms with Crippen molar-refractivity contribution in [3.8, 4) is 0 Å². The third kappa shape index (κ3) is 4.62. The van der Waals surface area contributed by atoms with Gasteiger partial charge < -0.3 is 9.72 Å². The van der Waals surface area contributed by atoms with Crippen molar-refractivity contribution >= 4 is 39.1 Å². The van der Waals surface area contributed by atoms with Crippen LogP contribution in [0.1, 0.15) is 63.8 Å². The Morgan fingerprint density at radius 3 is 2.59 bits per heavy atom. The molecule has 0 fully saturated rings. The number of nitrogens with one attached hydrogen (secondary N) is 1. The number of Topliss-reactive ketones (excluding diaryl/α,β-unsaturated/α-hetero) is 2. The van der Waals surface area contributed by atoms with Crippen LogP contribution in [0.4, 0.5) is 0 Å². The molecule has 7 heteroatoms. The van der Waals surface area contributed by atoms with Gasteiger partial charge in [0.1, 0.15) is 0 Å². The molecule has 3 aromatic rings. The number of aromatic amines is 1.